The molecule has 1 aromatic rings. The van der Waals surface area contributed by atoms with Crippen LogP contribution < -0.4 is 0 Å². The zero-order chi connectivity index (χ0) is 25.5. The van der Waals surface area contributed by atoms with Crippen LogP contribution in [-0.2, 0) is 32.6 Å². The molecule has 2 fully saturated rings. The second-order valence-corrected chi connectivity index (χ2v) is 11.1. The molecule has 0 aromatic heterocycles. The Bertz CT molecular complexity index is 708. The van der Waals surface area contributed by atoms with Gasteiger partial charge in [0.25, 0.3) is 0 Å². The summed E-state index contributed by atoms with van der Waals surface area (Å²) in [5, 5.41) is 0. The third-order valence-electron chi connectivity index (χ3n) is 6.60. The zero-order valence-electron chi connectivity index (χ0n) is 24.0. The molecular weight excluding hydrogens is 539 g/mol. The fourth-order valence-electron chi connectivity index (χ4n) is 5.01. The van der Waals surface area contributed by atoms with E-state index < -0.39 is 0 Å². The molecule has 37 heavy (non-hydrogen) atoms. The molecule has 0 bridgehead atoms. The molecule has 4 unspecified atom stereocenters. The summed E-state index contributed by atoms with van der Waals surface area (Å²) in [4.78, 5) is 0. The van der Waals surface area contributed by atoms with Gasteiger partial charge in [0.1, 0.15) is 0 Å². The number of benzene rings is 1. The first-order chi connectivity index (χ1) is 16.9. The first-order valence-corrected chi connectivity index (χ1v) is 14.0. The summed E-state index contributed by atoms with van der Waals surface area (Å²) < 4.78 is 0. The topological polar surface area (TPSA) is 0 Å². The largest absolute Gasteiger partial charge is 3.00 e. The van der Waals surface area contributed by atoms with Gasteiger partial charge in [0.05, 0.1) is 0 Å². The van der Waals surface area contributed by atoms with E-state index >= 15 is 0 Å². The maximum absolute atomic E-state index is 3.64. The van der Waals surface area contributed by atoms with Crippen molar-refractivity contribution in [3.63, 3.8) is 0 Å². The Labute approximate surface area is 260 Å². The number of hydrogen-bond donors (Lipinski definition) is 0. The molecule has 0 amide bonds. The van der Waals surface area contributed by atoms with E-state index in [2.05, 4.69) is 127 Å². The minimum absolute atomic E-state index is 0. The quantitative estimate of drug-likeness (QED) is 0.209. The average Bonchev–Trinajstić information content (AvgIpc) is 3.59. The molecule has 6 rings (SSSR count). The number of rotatable bonds is 0. The molecule has 1 aromatic carbocycles. The molecule has 1 radical (unpaired) electrons. The van der Waals surface area contributed by atoms with Crippen molar-refractivity contribution in [2.45, 2.75) is 72.6 Å². The van der Waals surface area contributed by atoms with Gasteiger partial charge in [-0.1, -0.05) is 95.2 Å². The van der Waals surface area contributed by atoms with Crippen LogP contribution in [0.3, 0.4) is 0 Å². The van der Waals surface area contributed by atoms with Crippen LogP contribution in [0.2, 0.25) is 0 Å². The summed E-state index contributed by atoms with van der Waals surface area (Å²) >= 11 is 0. The Kier molecular flexibility index (Phi) is 21.0. The van der Waals surface area contributed by atoms with Crippen LogP contribution in [0.4, 0.5) is 0 Å². The van der Waals surface area contributed by atoms with Crippen LogP contribution in [0.1, 0.15) is 77.3 Å². The van der Waals surface area contributed by atoms with Crippen LogP contribution in [0, 0.1) is 62.2 Å². The van der Waals surface area contributed by atoms with Crippen molar-refractivity contribution in [3.8, 4) is 0 Å². The fraction of sp³-hybridized carbons (Fsp3) is 0.486. The Morgan fingerprint density at radius 3 is 1.38 bits per heavy atom. The molecule has 0 aliphatic heterocycles. The minimum Gasteiger partial charge on any atom is -0.375 e. The van der Waals surface area contributed by atoms with Gasteiger partial charge in [-0.25, -0.2) is 12.0 Å². The molecule has 5 aliphatic rings. The van der Waals surface area contributed by atoms with E-state index in [1.54, 1.807) is 0 Å². The second-order valence-electron chi connectivity index (χ2n) is 11.1. The summed E-state index contributed by atoms with van der Waals surface area (Å²) in [5.41, 5.74) is 2.84. The van der Waals surface area contributed by atoms with E-state index in [0.717, 1.165) is 30.1 Å². The van der Waals surface area contributed by atoms with Gasteiger partial charge < -0.3 is 26.7 Å². The van der Waals surface area contributed by atoms with Gasteiger partial charge in [-0.3, -0.25) is 0 Å². The van der Waals surface area contributed by atoms with E-state index in [1.165, 1.54) is 49.7 Å². The van der Waals surface area contributed by atoms with E-state index in [0.29, 0.717) is 11.8 Å². The first-order valence-electron chi connectivity index (χ1n) is 14.0. The SMILES string of the molecule is C1=CC2CCCC2C=C1.C1=CC2CCCC2C=C1.[Al+3].[CH2-]C(C)C.[CH2-]C(C)C.[Zr+3].c1ccc2c(c1)[CH-][CH-]C2. The molecule has 2 heteroatoms. The van der Waals surface area contributed by atoms with Crippen LogP contribution in [0.25, 0.3) is 0 Å². The third-order valence-corrected chi connectivity index (χ3v) is 6.60. The molecular formula is C35H50AlZr+2. The predicted molar refractivity (Wildman–Crippen MR) is 162 cm³/mol. The summed E-state index contributed by atoms with van der Waals surface area (Å²) in [6, 6.07) is 8.49. The van der Waals surface area contributed by atoms with E-state index in [-0.39, 0.29) is 43.6 Å². The maximum atomic E-state index is 3.64. The summed E-state index contributed by atoms with van der Waals surface area (Å²) in [5.74, 6) is 4.76. The van der Waals surface area contributed by atoms with E-state index in [4.69, 9.17) is 0 Å². The first kappa shape index (κ1) is 36.5. The molecule has 0 N–H and O–H groups in total. The van der Waals surface area contributed by atoms with Gasteiger partial charge in [-0.15, -0.1) is 12.1 Å². The molecule has 0 nitrogen and oxygen atoms in total. The normalized spacial score (nSPS) is 24.5. The third kappa shape index (κ3) is 15.6. The van der Waals surface area contributed by atoms with Crippen molar-refractivity contribution in [2.24, 2.45) is 35.5 Å². The molecule has 195 valence electrons. The van der Waals surface area contributed by atoms with Crippen LogP contribution >= 0.6 is 0 Å². The maximum Gasteiger partial charge on any atom is 3.00 e. The van der Waals surface area contributed by atoms with Crippen molar-refractivity contribution in [1.82, 2.24) is 0 Å². The van der Waals surface area contributed by atoms with Gasteiger partial charge in [-0.2, -0.15) is 23.5 Å². The van der Waals surface area contributed by atoms with Crippen LogP contribution in [-0.4, -0.2) is 17.4 Å². The molecule has 0 spiro atoms. The number of allylic oxidation sites excluding steroid dienone is 8. The second kappa shape index (κ2) is 21.3. The zero-order valence-corrected chi connectivity index (χ0v) is 27.6. The van der Waals surface area contributed by atoms with Crippen molar-refractivity contribution < 1.29 is 26.2 Å². The molecule has 0 saturated heterocycles. The van der Waals surface area contributed by atoms with Crippen LogP contribution in [0.15, 0.2) is 72.9 Å². The van der Waals surface area contributed by atoms with Crippen LogP contribution in [0.5, 0.6) is 0 Å². The van der Waals surface area contributed by atoms with E-state index in [9.17, 15) is 0 Å². The summed E-state index contributed by atoms with van der Waals surface area (Å²) in [6.45, 7) is 15.5. The van der Waals surface area contributed by atoms with E-state index in [1.807, 2.05) is 0 Å². The molecule has 5 aliphatic carbocycles. The average molecular weight is 589 g/mol. The van der Waals surface area contributed by atoms with Gasteiger partial charge in [0, 0.05) is 0 Å². The number of hydrogen-bond acceptors (Lipinski definition) is 0. The summed E-state index contributed by atoms with van der Waals surface area (Å²) in [7, 11) is 0. The Morgan fingerprint density at radius 2 is 1.03 bits per heavy atom. The summed E-state index contributed by atoms with van der Waals surface area (Å²) in [6.07, 6.45) is 32.2. The Morgan fingerprint density at radius 1 is 0.676 bits per heavy atom. The molecule has 4 atom stereocenters. The molecule has 0 heterocycles. The Balaban J connectivity index is 0.000000451. The van der Waals surface area contributed by atoms with Gasteiger partial charge in [0.15, 0.2) is 0 Å². The van der Waals surface area contributed by atoms with Crippen molar-refractivity contribution in [1.29, 1.82) is 0 Å². The monoisotopic (exact) mass is 587 g/mol. The molecule has 2 saturated carbocycles. The van der Waals surface area contributed by atoms with Crippen molar-refractivity contribution in [2.75, 3.05) is 0 Å². The Hall–Kier alpha value is -0.534. The smallest absolute Gasteiger partial charge is 0.375 e. The van der Waals surface area contributed by atoms with Crippen molar-refractivity contribution >= 4 is 17.4 Å². The van der Waals surface area contributed by atoms with Crippen molar-refractivity contribution in [3.05, 3.63) is 111 Å². The van der Waals surface area contributed by atoms with Gasteiger partial charge in [-0.05, 0) is 49.4 Å². The van der Waals surface area contributed by atoms with Gasteiger partial charge >= 0.3 is 43.6 Å². The predicted octanol–water partition coefficient (Wildman–Crippen LogP) is 9.63. The van der Waals surface area contributed by atoms with Gasteiger partial charge in [0.2, 0.25) is 0 Å². The number of fused-ring (bicyclic) bond motifs is 3. The standard InChI is InChI=1S/2C9H12.C9H8.2C4H9.Al.Zr/c3*1-2-5-9-7-3-6-8(9)4-1;2*1-4(2)3;;/h2*1-2,4-5,8-9H,3,6-7H2;1-6H,7H2;2*4H,1H2,2-3H3;;/q;;-2;2*-1;2*+3. The minimum atomic E-state index is 0. The fourth-order valence-corrected chi connectivity index (χ4v) is 5.01.